The van der Waals surface area contributed by atoms with Crippen LogP contribution in [0.25, 0.3) is 0 Å². The predicted molar refractivity (Wildman–Crippen MR) is 90.9 cm³/mol. The lowest BCUT2D eigenvalue weighted by molar-refractivity contribution is -0.121. The van der Waals surface area contributed by atoms with Gasteiger partial charge in [-0.1, -0.05) is 17.7 Å². The maximum absolute atomic E-state index is 11.6. The summed E-state index contributed by atoms with van der Waals surface area (Å²) in [6.45, 7) is 2.39. The number of nitrogens with one attached hydrogen (secondary N) is 1. The lowest BCUT2D eigenvalue weighted by Crippen LogP contribution is -2.18. The molecule has 1 aromatic carbocycles. The first kappa shape index (κ1) is 17.0. The lowest BCUT2D eigenvalue weighted by Gasteiger charge is -2.08. The van der Waals surface area contributed by atoms with Gasteiger partial charge in [0.05, 0.1) is 12.8 Å². The van der Waals surface area contributed by atoms with Crippen LogP contribution < -0.4 is 10.2 Å². The molecule has 1 amide bonds. The van der Waals surface area contributed by atoms with E-state index in [0.29, 0.717) is 24.5 Å². The Balaban J connectivity index is 1.66. The largest absolute Gasteiger partial charge is 0.493 e. The highest BCUT2D eigenvalue weighted by Crippen LogP contribution is 2.21. The minimum atomic E-state index is -0.151. The number of hydrazone groups is 1. The molecule has 23 heavy (non-hydrogen) atoms. The molecule has 0 saturated heterocycles. The first-order valence-corrected chi connectivity index (χ1v) is 7.64. The molecule has 1 N–H and O–H groups in total. The van der Waals surface area contributed by atoms with Gasteiger partial charge in [-0.25, -0.2) is 5.43 Å². The molecule has 6 heteroatoms. The van der Waals surface area contributed by atoms with Crippen LogP contribution >= 0.6 is 11.6 Å². The van der Waals surface area contributed by atoms with E-state index < -0.39 is 0 Å². The van der Waals surface area contributed by atoms with Crippen LogP contribution in [0.1, 0.15) is 24.0 Å². The monoisotopic (exact) mass is 331 g/mol. The second kappa shape index (κ2) is 8.90. The SMILES string of the molecule is Cc1cc(Cl)ccc1OCCCC(=O)NN=Cc1cccnc1. The number of nitrogens with zero attached hydrogens (tertiary/aromatic N) is 2. The number of hydrogen-bond donors (Lipinski definition) is 1. The molecule has 0 saturated carbocycles. The third-order valence-corrected chi connectivity index (χ3v) is 3.27. The lowest BCUT2D eigenvalue weighted by atomic mass is 10.2. The summed E-state index contributed by atoms with van der Waals surface area (Å²) in [6.07, 6.45) is 5.85. The molecular formula is C17H18ClN3O2. The molecule has 2 rings (SSSR count). The van der Waals surface area contributed by atoms with Gasteiger partial charge in [-0.15, -0.1) is 0 Å². The smallest absolute Gasteiger partial charge is 0.240 e. The number of aromatic nitrogens is 1. The molecule has 5 nitrogen and oxygen atoms in total. The van der Waals surface area contributed by atoms with Crippen LogP contribution in [-0.2, 0) is 4.79 Å². The Labute approximate surface area is 140 Å². The Bertz CT molecular complexity index is 675. The van der Waals surface area contributed by atoms with Crippen molar-refractivity contribution in [3.05, 3.63) is 58.9 Å². The maximum Gasteiger partial charge on any atom is 0.240 e. The minimum absolute atomic E-state index is 0.151. The van der Waals surface area contributed by atoms with Crippen LogP contribution in [0.5, 0.6) is 5.75 Å². The molecule has 0 spiro atoms. The molecule has 0 aliphatic heterocycles. The van der Waals surface area contributed by atoms with E-state index in [4.69, 9.17) is 16.3 Å². The molecule has 0 fully saturated rings. The van der Waals surface area contributed by atoms with Crippen molar-refractivity contribution in [3.8, 4) is 5.75 Å². The summed E-state index contributed by atoms with van der Waals surface area (Å²) >= 11 is 5.89. The fraction of sp³-hybridized carbons (Fsp3) is 0.235. The van der Waals surface area contributed by atoms with Crippen molar-refractivity contribution in [3.63, 3.8) is 0 Å². The molecule has 0 aliphatic rings. The second-order valence-corrected chi connectivity index (χ2v) is 5.38. The van der Waals surface area contributed by atoms with Crippen molar-refractivity contribution >= 4 is 23.7 Å². The van der Waals surface area contributed by atoms with Crippen molar-refractivity contribution in [1.82, 2.24) is 10.4 Å². The average Bonchev–Trinajstić information content (AvgIpc) is 2.54. The van der Waals surface area contributed by atoms with E-state index in [1.165, 1.54) is 0 Å². The third kappa shape index (κ3) is 6.08. The molecule has 0 unspecified atom stereocenters. The van der Waals surface area contributed by atoms with Gasteiger partial charge < -0.3 is 4.74 Å². The molecule has 0 aliphatic carbocycles. The number of ether oxygens (including phenoxy) is 1. The second-order valence-electron chi connectivity index (χ2n) is 4.94. The molecule has 0 atom stereocenters. The zero-order chi connectivity index (χ0) is 16.5. The normalized spacial score (nSPS) is 10.7. The van der Waals surface area contributed by atoms with Crippen molar-refractivity contribution in [2.75, 3.05) is 6.61 Å². The topological polar surface area (TPSA) is 63.6 Å². The average molecular weight is 332 g/mol. The summed E-state index contributed by atoms with van der Waals surface area (Å²) in [5, 5.41) is 4.56. The number of halogens is 1. The van der Waals surface area contributed by atoms with E-state index in [0.717, 1.165) is 16.9 Å². The van der Waals surface area contributed by atoms with Gasteiger partial charge in [0.1, 0.15) is 5.75 Å². The van der Waals surface area contributed by atoms with Crippen molar-refractivity contribution in [1.29, 1.82) is 0 Å². The molecule has 0 radical (unpaired) electrons. The van der Waals surface area contributed by atoms with Gasteiger partial charge in [0.25, 0.3) is 0 Å². The van der Waals surface area contributed by atoms with Crippen molar-refractivity contribution in [2.45, 2.75) is 19.8 Å². The molecular weight excluding hydrogens is 314 g/mol. The molecule has 120 valence electrons. The van der Waals surface area contributed by atoms with Crippen molar-refractivity contribution in [2.24, 2.45) is 5.10 Å². The van der Waals surface area contributed by atoms with Gasteiger partial charge in [0.15, 0.2) is 0 Å². The molecule has 2 aromatic rings. The number of benzene rings is 1. The summed E-state index contributed by atoms with van der Waals surface area (Å²) in [4.78, 5) is 15.6. The Kier molecular flexibility index (Phi) is 6.56. The van der Waals surface area contributed by atoms with Crippen LogP contribution in [0.3, 0.4) is 0 Å². The van der Waals surface area contributed by atoms with Crippen molar-refractivity contribution < 1.29 is 9.53 Å². The number of hydrogen-bond acceptors (Lipinski definition) is 4. The van der Waals surface area contributed by atoms with E-state index in [1.807, 2.05) is 25.1 Å². The molecule has 1 aromatic heterocycles. The summed E-state index contributed by atoms with van der Waals surface area (Å²) in [5.74, 6) is 0.631. The van der Waals surface area contributed by atoms with E-state index >= 15 is 0 Å². The van der Waals surface area contributed by atoms with Crippen LogP contribution in [-0.4, -0.2) is 23.7 Å². The van der Waals surface area contributed by atoms with Gasteiger partial charge >= 0.3 is 0 Å². The fourth-order valence-corrected chi connectivity index (χ4v) is 2.10. The summed E-state index contributed by atoms with van der Waals surface area (Å²) < 4.78 is 5.63. The van der Waals surface area contributed by atoms with E-state index in [-0.39, 0.29) is 5.91 Å². The van der Waals surface area contributed by atoms with Crippen LogP contribution in [0.2, 0.25) is 5.02 Å². The van der Waals surface area contributed by atoms with E-state index in [9.17, 15) is 4.79 Å². The molecule has 0 bridgehead atoms. The van der Waals surface area contributed by atoms with Gasteiger partial charge in [-0.05, 0) is 43.2 Å². The minimum Gasteiger partial charge on any atom is -0.493 e. The van der Waals surface area contributed by atoms with Gasteiger partial charge in [-0.2, -0.15) is 5.10 Å². The van der Waals surface area contributed by atoms with Crippen LogP contribution in [0, 0.1) is 6.92 Å². The number of amides is 1. The Morgan fingerprint density at radius 3 is 3.04 bits per heavy atom. The third-order valence-electron chi connectivity index (χ3n) is 3.03. The standard InChI is InChI=1S/C17H18ClN3O2/c1-13-10-15(18)6-7-16(13)23-9-3-5-17(22)21-20-12-14-4-2-8-19-11-14/h2,4,6-8,10-12H,3,5,9H2,1H3,(H,21,22). The highest BCUT2D eigenvalue weighted by Gasteiger charge is 2.02. The quantitative estimate of drug-likeness (QED) is 0.480. The number of carbonyl (C=O) groups is 1. The van der Waals surface area contributed by atoms with Gasteiger partial charge in [-0.3, -0.25) is 9.78 Å². The van der Waals surface area contributed by atoms with Crippen LogP contribution in [0.15, 0.2) is 47.8 Å². The Hall–Kier alpha value is -2.40. The summed E-state index contributed by atoms with van der Waals surface area (Å²) in [7, 11) is 0. The summed E-state index contributed by atoms with van der Waals surface area (Å²) in [5.41, 5.74) is 4.28. The van der Waals surface area contributed by atoms with Gasteiger partial charge in [0, 0.05) is 29.4 Å². The number of rotatable bonds is 7. The van der Waals surface area contributed by atoms with E-state index in [2.05, 4.69) is 15.5 Å². The van der Waals surface area contributed by atoms with Crippen LogP contribution in [0.4, 0.5) is 0 Å². The zero-order valence-electron chi connectivity index (χ0n) is 12.8. The Morgan fingerprint density at radius 1 is 1.43 bits per heavy atom. The number of carbonyl (C=O) groups excluding carboxylic acids is 1. The van der Waals surface area contributed by atoms with E-state index in [1.54, 1.807) is 30.7 Å². The first-order chi connectivity index (χ1) is 11.1. The fourth-order valence-electron chi connectivity index (χ4n) is 1.88. The highest BCUT2D eigenvalue weighted by molar-refractivity contribution is 6.30. The predicted octanol–water partition coefficient (Wildman–Crippen LogP) is 3.35. The number of pyridine rings is 1. The zero-order valence-corrected chi connectivity index (χ0v) is 13.6. The number of aryl methyl sites for hydroxylation is 1. The van der Waals surface area contributed by atoms with Gasteiger partial charge in [0.2, 0.25) is 5.91 Å². The maximum atomic E-state index is 11.6. The highest BCUT2D eigenvalue weighted by atomic mass is 35.5. The Morgan fingerprint density at radius 2 is 2.30 bits per heavy atom. The summed E-state index contributed by atoms with van der Waals surface area (Å²) in [6, 6.07) is 9.11. The molecule has 1 heterocycles. The first-order valence-electron chi connectivity index (χ1n) is 7.26.